The molecule has 0 heterocycles. The van der Waals surface area contributed by atoms with Crippen molar-refractivity contribution in [3.8, 4) is 0 Å². The van der Waals surface area contributed by atoms with Crippen LogP contribution in [0.2, 0.25) is 0 Å². The summed E-state index contributed by atoms with van der Waals surface area (Å²) in [6.45, 7) is 1.42. The number of amides is 3. The number of nitrogens with zero attached hydrogens (tertiary/aromatic N) is 1. The number of rotatable bonds is 6. The lowest BCUT2D eigenvalue weighted by atomic mass is 10.2. The molecule has 0 saturated heterocycles. The maximum Gasteiger partial charge on any atom is 0.331 e. The van der Waals surface area contributed by atoms with E-state index < -0.39 is 29.4 Å². The van der Waals surface area contributed by atoms with Crippen molar-refractivity contribution in [1.29, 1.82) is 0 Å². The fourth-order valence-corrected chi connectivity index (χ4v) is 1.46. The van der Waals surface area contributed by atoms with E-state index in [1.165, 1.54) is 24.3 Å². The number of benzene rings is 1. The zero-order valence-electron chi connectivity index (χ0n) is 12.3. The van der Waals surface area contributed by atoms with Crippen LogP contribution in [0.15, 0.2) is 30.3 Å². The second-order valence-corrected chi connectivity index (χ2v) is 4.20. The van der Waals surface area contributed by atoms with Gasteiger partial charge >= 0.3 is 12.0 Å². The molecule has 0 saturated carbocycles. The molecule has 2 N–H and O–H groups in total. The highest BCUT2D eigenvalue weighted by Crippen LogP contribution is 2.14. The third kappa shape index (κ3) is 6.85. The Morgan fingerprint density at radius 2 is 2.09 bits per heavy atom. The van der Waals surface area contributed by atoms with Crippen molar-refractivity contribution in [3.63, 3.8) is 0 Å². The zero-order chi connectivity index (χ0) is 17.2. The average molecular weight is 321 g/mol. The molecule has 0 radical (unpaired) electrons. The van der Waals surface area contributed by atoms with Gasteiger partial charge < -0.3 is 10.1 Å². The number of nitro groups is 1. The van der Waals surface area contributed by atoms with Crippen molar-refractivity contribution in [3.05, 3.63) is 46.0 Å². The first kappa shape index (κ1) is 17.8. The molecular weight excluding hydrogens is 306 g/mol. The Labute approximate surface area is 131 Å². The van der Waals surface area contributed by atoms with Crippen molar-refractivity contribution in [1.82, 2.24) is 10.6 Å². The standard InChI is InChI=1S/C14H15N3O6/c1-2-15-14(20)16-12(18)9-23-13(19)7-6-10-4-3-5-11(8-10)17(21)22/h3-8H,2,9H2,1H3,(H2,15,16,18,20)/b7-6+. The molecule has 1 aromatic carbocycles. The van der Waals surface area contributed by atoms with Gasteiger partial charge in [0.1, 0.15) is 0 Å². The quantitative estimate of drug-likeness (QED) is 0.348. The summed E-state index contributed by atoms with van der Waals surface area (Å²) in [6, 6.07) is 4.97. The number of hydrogen-bond donors (Lipinski definition) is 2. The predicted octanol–water partition coefficient (Wildman–Crippen LogP) is 0.997. The van der Waals surface area contributed by atoms with Gasteiger partial charge in [0.05, 0.1) is 4.92 Å². The molecule has 0 aliphatic rings. The third-order valence-corrected chi connectivity index (χ3v) is 2.43. The molecule has 9 heteroatoms. The van der Waals surface area contributed by atoms with E-state index >= 15 is 0 Å². The molecule has 0 atom stereocenters. The van der Waals surface area contributed by atoms with Crippen molar-refractivity contribution in [2.45, 2.75) is 6.92 Å². The van der Waals surface area contributed by atoms with E-state index in [4.69, 9.17) is 0 Å². The second-order valence-electron chi connectivity index (χ2n) is 4.20. The van der Waals surface area contributed by atoms with Gasteiger partial charge in [-0.25, -0.2) is 9.59 Å². The minimum Gasteiger partial charge on any atom is -0.452 e. The van der Waals surface area contributed by atoms with Crippen LogP contribution in [0.5, 0.6) is 0 Å². The Kier molecular flexibility index (Phi) is 6.92. The Morgan fingerprint density at radius 1 is 1.35 bits per heavy atom. The Bertz CT molecular complexity index is 641. The van der Waals surface area contributed by atoms with E-state index in [9.17, 15) is 24.5 Å². The Morgan fingerprint density at radius 3 is 2.74 bits per heavy atom. The van der Waals surface area contributed by atoms with E-state index in [1.807, 2.05) is 5.32 Å². The summed E-state index contributed by atoms with van der Waals surface area (Å²) in [4.78, 5) is 43.8. The predicted molar refractivity (Wildman–Crippen MR) is 80.3 cm³/mol. The van der Waals surface area contributed by atoms with Gasteiger partial charge in [-0.15, -0.1) is 0 Å². The van der Waals surface area contributed by atoms with E-state index in [1.54, 1.807) is 13.0 Å². The lowest BCUT2D eigenvalue weighted by molar-refractivity contribution is -0.384. The van der Waals surface area contributed by atoms with Crippen LogP contribution in [0.25, 0.3) is 6.08 Å². The van der Waals surface area contributed by atoms with Gasteiger partial charge in [-0.3, -0.25) is 20.2 Å². The molecule has 0 unspecified atom stereocenters. The first-order valence-electron chi connectivity index (χ1n) is 6.59. The van der Waals surface area contributed by atoms with Gasteiger partial charge in [0.15, 0.2) is 6.61 Å². The fraction of sp³-hybridized carbons (Fsp3) is 0.214. The molecule has 0 aliphatic carbocycles. The van der Waals surface area contributed by atoms with E-state index in [2.05, 4.69) is 10.1 Å². The molecule has 0 spiro atoms. The molecular formula is C14H15N3O6. The molecule has 0 aliphatic heterocycles. The Hall–Kier alpha value is -3.23. The first-order valence-corrected chi connectivity index (χ1v) is 6.59. The molecule has 1 rings (SSSR count). The second kappa shape index (κ2) is 8.93. The summed E-state index contributed by atoms with van der Waals surface area (Å²) in [5, 5.41) is 14.9. The van der Waals surface area contributed by atoms with Gasteiger partial charge in [0, 0.05) is 24.8 Å². The highest BCUT2D eigenvalue weighted by molar-refractivity contribution is 5.96. The number of urea groups is 1. The van der Waals surface area contributed by atoms with E-state index in [-0.39, 0.29) is 5.69 Å². The van der Waals surface area contributed by atoms with Crippen LogP contribution < -0.4 is 10.6 Å². The van der Waals surface area contributed by atoms with Gasteiger partial charge in [0.2, 0.25) is 0 Å². The monoisotopic (exact) mass is 321 g/mol. The molecule has 1 aromatic rings. The van der Waals surface area contributed by atoms with E-state index in [0.717, 1.165) is 6.08 Å². The zero-order valence-corrected chi connectivity index (χ0v) is 12.3. The first-order chi connectivity index (χ1) is 10.9. The van der Waals surface area contributed by atoms with Crippen LogP contribution in [0.3, 0.4) is 0 Å². The fourth-order valence-electron chi connectivity index (χ4n) is 1.46. The number of nitro benzene ring substituents is 1. The van der Waals surface area contributed by atoms with Crippen LogP contribution in [0.4, 0.5) is 10.5 Å². The van der Waals surface area contributed by atoms with Gasteiger partial charge in [-0.1, -0.05) is 12.1 Å². The highest BCUT2D eigenvalue weighted by Gasteiger charge is 2.09. The summed E-state index contributed by atoms with van der Waals surface area (Å²) in [7, 11) is 0. The summed E-state index contributed by atoms with van der Waals surface area (Å²) in [5.74, 6) is -1.59. The SMILES string of the molecule is CCNC(=O)NC(=O)COC(=O)/C=C/c1cccc([N+](=O)[O-])c1. The van der Waals surface area contributed by atoms with Crippen LogP contribution in [-0.2, 0) is 14.3 Å². The number of nitrogens with one attached hydrogen (secondary N) is 2. The smallest absolute Gasteiger partial charge is 0.331 e. The molecule has 3 amide bonds. The van der Waals surface area contributed by atoms with Crippen molar-refractivity contribution >= 4 is 29.7 Å². The van der Waals surface area contributed by atoms with Crippen molar-refractivity contribution in [2.24, 2.45) is 0 Å². The van der Waals surface area contributed by atoms with Crippen LogP contribution in [0.1, 0.15) is 12.5 Å². The lowest BCUT2D eigenvalue weighted by Gasteiger charge is -2.04. The molecule has 122 valence electrons. The topological polar surface area (TPSA) is 128 Å². The third-order valence-electron chi connectivity index (χ3n) is 2.43. The number of carbonyl (C=O) groups excluding carboxylic acids is 3. The van der Waals surface area contributed by atoms with Gasteiger partial charge in [-0.2, -0.15) is 0 Å². The molecule has 0 bridgehead atoms. The largest absolute Gasteiger partial charge is 0.452 e. The van der Waals surface area contributed by atoms with Crippen LogP contribution >= 0.6 is 0 Å². The maximum absolute atomic E-state index is 11.4. The highest BCUT2D eigenvalue weighted by atomic mass is 16.6. The summed E-state index contributed by atoms with van der Waals surface area (Å²) < 4.78 is 4.63. The van der Waals surface area contributed by atoms with Crippen molar-refractivity contribution < 1.29 is 24.0 Å². The minimum absolute atomic E-state index is 0.109. The average Bonchev–Trinajstić information content (AvgIpc) is 2.51. The van der Waals surface area contributed by atoms with E-state index in [0.29, 0.717) is 12.1 Å². The van der Waals surface area contributed by atoms with Crippen molar-refractivity contribution in [2.75, 3.05) is 13.2 Å². The molecule has 0 fully saturated rings. The van der Waals surface area contributed by atoms with Crippen LogP contribution in [0, 0.1) is 10.1 Å². The number of imide groups is 1. The molecule has 9 nitrogen and oxygen atoms in total. The summed E-state index contributed by atoms with van der Waals surface area (Å²) in [5.41, 5.74) is 0.324. The number of non-ortho nitro benzene ring substituents is 1. The normalized spacial score (nSPS) is 10.1. The molecule has 0 aromatic heterocycles. The van der Waals surface area contributed by atoms with Crippen LogP contribution in [-0.4, -0.2) is 36.0 Å². The number of hydrogen-bond acceptors (Lipinski definition) is 6. The minimum atomic E-state index is -0.817. The summed E-state index contributed by atoms with van der Waals surface area (Å²) in [6.07, 6.45) is 2.34. The number of carbonyl (C=O) groups is 3. The summed E-state index contributed by atoms with van der Waals surface area (Å²) >= 11 is 0. The van der Waals surface area contributed by atoms with Gasteiger partial charge in [0.25, 0.3) is 11.6 Å². The lowest BCUT2D eigenvalue weighted by Crippen LogP contribution is -2.41. The molecule has 23 heavy (non-hydrogen) atoms. The number of ether oxygens (including phenoxy) is 1. The number of esters is 1. The Balaban J connectivity index is 2.47. The maximum atomic E-state index is 11.4. The van der Waals surface area contributed by atoms with Gasteiger partial charge in [-0.05, 0) is 18.6 Å².